The summed E-state index contributed by atoms with van der Waals surface area (Å²) in [7, 11) is -1.62. The Hall–Kier alpha value is -0.935. The van der Waals surface area contributed by atoms with Crippen LogP contribution < -0.4 is 5.46 Å². The van der Waals surface area contributed by atoms with Gasteiger partial charge in [-0.1, -0.05) is 0 Å². The van der Waals surface area contributed by atoms with E-state index in [-0.39, 0.29) is 5.46 Å². The fourth-order valence-corrected chi connectivity index (χ4v) is 1.28. The molecule has 0 spiro atoms. The zero-order valence-electron chi connectivity index (χ0n) is 6.94. The van der Waals surface area contributed by atoms with Crippen molar-refractivity contribution in [2.75, 3.05) is 0 Å². The topological polar surface area (TPSA) is 53.4 Å². The number of nitrogens with zero attached hydrogens (tertiary/aromatic N) is 1. The average Bonchev–Trinajstić information content (AvgIpc) is 2.85. The van der Waals surface area contributed by atoms with Gasteiger partial charge in [0.2, 0.25) is 5.95 Å². The van der Waals surface area contributed by atoms with Gasteiger partial charge in [0.15, 0.2) is 0 Å². The van der Waals surface area contributed by atoms with Crippen molar-refractivity contribution in [3.05, 3.63) is 23.8 Å². The van der Waals surface area contributed by atoms with E-state index in [1.54, 1.807) is 6.07 Å². The van der Waals surface area contributed by atoms with Crippen molar-refractivity contribution >= 4 is 12.6 Å². The molecule has 0 aliphatic heterocycles. The van der Waals surface area contributed by atoms with Crippen LogP contribution in [-0.4, -0.2) is 22.2 Å². The standard InChI is InChI=1S/C8H9BFNO2/c10-8-4-6(9(12)13)3-7(11-8)5-1-2-5/h3-5,12-13H,1-2H2. The van der Waals surface area contributed by atoms with Crippen LogP contribution in [0.4, 0.5) is 4.39 Å². The van der Waals surface area contributed by atoms with E-state index < -0.39 is 13.1 Å². The Morgan fingerprint density at radius 2 is 2.08 bits per heavy atom. The second-order valence-corrected chi connectivity index (χ2v) is 3.30. The van der Waals surface area contributed by atoms with Gasteiger partial charge in [-0.15, -0.1) is 0 Å². The highest BCUT2D eigenvalue weighted by Gasteiger charge is 2.27. The molecule has 1 aromatic rings. The van der Waals surface area contributed by atoms with Gasteiger partial charge in [-0.05, 0) is 30.4 Å². The molecule has 13 heavy (non-hydrogen) atoms. The zero-order chi connectivity index (χ0) is 9.42. The van der Waals surface area contributed by atoms with Crippen LogP contribution in [0.15, 0.2) is 12.1 Å². The predicted molar refractivity (Wildman–Crippen MR) is 46.0 cm³/mol. The fraction of sp³-hybridized carbons (Fsp3) is 0.375. The quantitative estimate of drug-likeness (QED) is 0.489. The second-order valence-electron chi connectivity index (χ2n) is 3.30. The Balaban J connectivity index is 2.36. The predicted octanol–water partition coefficient (Wildman–Crippen LogP) is -0.222. The second kappa shape index (κ2) is 3.08. The zero-order valence-corrected chi connectivity index (χ0v) is 6.94. The molecular formula is C8H9BFNO2. The van der Waals surface area contributed by atoms with Gasteiger partial charge in [0.05, 0.1) is 0 Å². The van der Waals surface area contributed by atoms with Crippen LogP contribution in [0.5, 0.6) is 0 Å². The molecule has 0 aromatic carbocycles. The maximum Gasteiger partial charge on any atom is 0.488 e. The lowest BCUT2D eigenvalue weighted by atomic mass is 9.80. The van der Waals surface area contributed by atoms with Crippen molar-refractivity contribution in [1.29, 1.82) is 0 Å². The number of halogens is 1. The van der Waals surface area contributed by atoms with E-state index in [1.165, 1.54) is 0 Å². The summed E-state index contributed by atoms with van der Waals surface area (Å²) in [4.78, 5) is 3.69. The van der Waals surface area contributed by atoms with Gasteiger partial charge in [0.1, 0.15) is 0 Å². The van der Waals surface area contributed by atoms with Crippen LogP contribution in [0, 0.1) is 5.95 Å². The smallest absolute Gasteiger partial charge is 0.423 e. The van der Waals surface area contributed by atoms with Crippen LogP contribution in [0.25, 0.3) is 0 Å². The van der Waals surface area contributed by atoms with Crippen molar-refractivity contribution < 1.29 is 14.4 Å². The van der Waals surface area contributed by atoms with Gasteiger partial charge in [0.25, 0.3) is 0 Å². The first-order chi connectivity index (χ1) is 6.16. The molecule has 0 bridgehead atoms. The lowest BCUT2D eigenvalue weighted by Gasteiger charge is -2.02. The van der Waals surface area contributed by atoms with Crippen molar-refractivity contribution in [3.63, 3.8) is 0 Å². The highest BCUT2D eigenvalue weighted by atomic mass is 19.1. The minimum atomic E-state index is -1.62. The number of rotatable bonds is 2. The van der Waals surface area contributed by atoms with E-state index >= 15 is 0 Å². The van der Waals surface area contributed by atoms with Gasteiger partial charge in [-0.3, -0.25) is 0 Å². The number of aromatic nitrogens is 1. The van der Waals surface area contributed by atoms with E-state index in [1.807, 2.05) is 0 Å². The molecule has 1 heterocycles. The summed E-state index contributed by atoms with van der Waals surface area (Å²) in [5, 5.41) is 17.7. The van der Waals surface area contributed by atoms with Gasteiger partial charge >= 0.3 is 7.12 Å². The normalized spacial score (nSPS) is 15.9. The van der Waals surface area contributed by atoms with E-state index in [4.69, 9.17) is 10.0 Å². The number of pyridine rings is 1. The van der Waals surface area contributed by atoms with Crippen LogP contribution in [0.2, 0.25) is 0 Å². The largest absolute Gasteiger partial charge is 0.488 e. The van der Waals surface area contributed by atoms with Gasteiger partial charge < -0.3 is 10.0 Å². The molecule has 0 radical (unpaired) electrons. The van der Waals surface area contributed by atoms with E-state index in [2.05, 4.69) is 4.98 Å². The van der Waals surface area contributed by atoms with E-state index in [0.717, 1.165) is 18.9 Å². The molecule has 0 unspecified atom stereocenters. The summed E-state index contributed by atoms with van der Waals surface area (Å²) in [6, 6.07) is 2.59. The molecule has 0 saturated heterocycles. The first-order valence-corrected chi connectivity index (χ1v) is 4.20. The monoisotopic (exact) mass is 181 g/mol. The SMILES string of the molecule is OB(O)c1cc(F)nc(C2CC2)c1. The average molecular weight is 181 g/mol. The Morgan fingerprint density at radius 3 is 2.62 bits per heavy atom. The highest BCUT2D eigenvalue weighted by Crippen LogP contribution is 2.38. The molecule has 1 aromatic heterocycles. The summed E-state index contributed by atoms with van der Waals surface area (Å²) >= 11 is 0. The lowest BCUT2D eigenvalue weighted by Crippen LogP contribution is -2.31. The van der Waals surface area contributed by atoms with Crippen molar-refractivity contribution in [3.8, 4) is 0 Å². The Labute approximate surface area is 75.4 Å². The summed E-state index contributed by atoms with van der Waals surface area (Å²) < 4.78 is 12.8. The third-order valence-electron chi connectivity index (χ3n) is 2.13. The molecule has 0 amide bonds. The molecule has 0 atom stereocenters. The van der Waals surface area contributed by atoms with Gasteiger partial charge in [0, 0.05) is 11.6 Å². The first-order valence-electron chi connectivity index (χ1n) is 4.20. The van der Waals surface area contributed by atoms with Crippen LogP contribution in [-0.2, 0) is 0 Å². The van der Waals surface area contributed by atoms with E-state index in [0.29, 0.717) is 11.6 Å². The van der Waals surface area contributed by atoms with Crippen molar-refractivity contribution in [2.45, 2.75) is 18.8 Å². The molecule has 3 nitrogen and oxygen atoms in total. The molecule has 1 aliphatic carbocycles. The molecule has 2 rings (SSSR count). The van der Waals surface area contributed by atoms with Crippen molar-refractivity contribution in [1.82, 2.24) is 4.98 Å². The highest BCUT2D eigenvalue weighted by molar-refractivity contribution is 6.58. The molecule has 68 valence electrons. The third-order valence-corrected chi connectivity index (χ3v) is 2.13. The molecule has 1 fully saturated rings. The van der Waals surface area contributed by atoms with Crippen LogP contribution in [0.3, 0.4) is 0 Å². The van der Waals surface area contributed by atoms with Crippen LogP contribution in [0.1, 0.15) is 24.5 Å². The maximum atomic E-state index is 12.8. The van der Waals surface area contributed by atoms with Crippen LogP contribution >= 0.6 is 0 Å². The lowest BCUT2D eigenvalue weighted by molar-refractivity contribution is 0.425. The fourth-order valence-electron chi connectivity index (χ4n) is 1.28. The number of hydrogen-bond acceptors (Lipinski definition) is 3. The molecule has 2 N–H and O–H groups in total. The molecular weight excluding hydrogens is 172 g/mol. The number of hydrogen-bond donors (Lipinski definition) is 2. The van der Waals surface area contributed by atoms with Crippen molar-refractivity contribution in [2.24, 2.45) is 0 Å². The molecule has 1 saturated carbocycles. The minimum absolute atomic E-state index is 0.175. The maximum absolute atomic E-state index is 12.8. The summed E-state index contributed by atoms with van der Waals surface area (Å²) in [6.07, 6.45) is 2.02. The molecule has 1 aliphatic rings. The van der Waals surface area contributed by atoms with Gasteiger partial charge in [-0.2, -0.15) is 4.39 Å². The summed E-state index contributed by atoms with van der Waals surface area (Å²) in [5.41, 5.74) is 0.803. The Morgan fingerprint density at radius 1 is 1.38 bits per heavy atom. The minimum Gasteiger partial charge on any atom is -0.423 e. The summed E-state index contributed by atoms with van der Waals surface area (Å²) in [5.74, 6) is -0.333. The molecule has 5 heteroatoms. The van der Waals surface area contributed by atoms with Gasteiger partial charge in [-0.25, -0.2) is 4.98 Å². The Kier molecular flexibility index (Phi) is 2.05. The van der Waals surface area contributed by atoms with E-state index in [9.17, 15) is 4.39 Å². The first kappa shape index (κ1) is 8.65. The summed E-state index contributed by atoms with van der Waals surface area (Å²) in [6.45, 7) is 0. The Bertz CT molecular complexity index is 308. The third kappa shape index (κ3) is 1.87.